The lowest BCUT2D eigenvalue weighted by Crippen LogP contribution is -2.57. The van der Waals surface area contributed by atoms with E-state index in [1.807, 2.05) is 48.3 Å². The quantitative estimate of drug-likeness (QED) is 0.403. The maximum absolute atomic E-state index is 14.2. The molecule has 0 bridgehead atoms. The minimum absolute atomic E-state index is 0.0166. The Labute approximate surface area is 258 Å². The molecule has 2 N–H and O–H groups in total. The van der Waals surface area contributed by atoms with Gasteiger partial charge in [-0.2, -0.15) is 0 Å². The van der Waals surface area contributed by atoms with E-state index in [0.29, 0.717) is 43.4 Å². The summed E-state index contributed by atoms with van der Waals surface area (Å²) >= 11 is 6.14. The molecule has 43 heavy (non-hydrogen) atoms. The van der Waals surface area contributed by atoms with E-state index >= 15 is 0 Å². The zero-order valence-electron chi connectivity index (χ0n) is 25.0. The molecule has 2 fully saturated rings. The molecule has 1 saturated carbocycles. The van der Waals surface area contributed by atoms with Gasteiger partial charge >= 0.3 is 0 Å². The van der Waals surface area contributed by atoms with Crippen molar-refractivity contribution in [2.45, 2.75) is 82.8 Å². The van der Waals surface area contributed by atoms with Gasteiger partial charge in [0.1, 0.15) is 6.04 Å². The molecule has 3 aromatic rings. The number of carbonyl (C=O) groups is 2. The first-order chi connectivity index (χ1) is 20.9. The molecule has 2 aliphatic heterocycles. The summed E-state index contributed by atoms with van der Waals surface area (Å²) in [6.07, 6.45) is 9.98. The number of amides is 2. The molecule has 3 heterocycles. The Kier molecular flexibility index (Phi) is 9.09. The number of likely N-dealkylation sites (tertiary alicyclic amines) is 1. The normalized spacial score (nSPS) is 21.2. The number of aromatic nitrogens is 4. The van der Waals surface area contributed by atoms with E-state index in [4.69, 9.17) is 11.6 Å². The summed E-state index contributed by atoms with van der Waals surface area (Å²) in [6, 6.07) is 14.7. The molecule has 228 valence electrons. The number of tetrazole rings is 1. The van der Waals surface area contributed by atoms with Crippen molar-refractivity contribution in [1.82, 2.24) is 35.7 Å². The van der Waals surface area contributed by atoms with Crippen molar-refractivity contribution in [3.8, 4) is 0 Å². The van der Waals surface area contributed by atoms with Crippen LogP contribution < -0.4 is 10.6 Å². The Bertz CT molecular complexity index is 1410. The highest BCUT2D eigenvalue weighted by molar-refractivity contribution is 6.30. The summed E-state index contributed by atoms with van der Waals surface area (Å²) in [4.78, 5) is 29.7. The van der Waals surface area contributed by atoms with Gasteiger partial charge in [0, 0.05) is 44.5 Å². The van der Waals surface area contributed by atoms with Crippen molar-refractivity contribution in [3.63, 3.8) is 0 Å². The number of fused-ring (bicyclic) bond motifs is 1. The van der Waals surface area contributed by atoms with Crippen molar-refractivity contribution in [3.05, 3.63) is 76.1 Å². The van der Waals surface area contributed by atoms with Crippen molar-refractivity contribution >= 4 is 23.4 Å². The largest absolute Gasteiger partial charge is 0.343 e. The lowest BCUT2D eigenvalue weighted by molar-refractivity contribution is -0.139. The van der Waals surface area contributed by atoms with Crippen LogP contribution in [-0.4, -0.2) is 62.1 Å². The first kappa shape index (κ1) is 29.8. The predicted molar refractivity (Wildman–Crippen MR) is 165 cm³/mol. The molecule has 1 aliphatic carbocycles. The van der Waals surface area contributed by atoms with Crippen LogP contribution in [0.3, 0.4) is 0 Å². The lowest BCUT2D eigenvalue weighted by atomic mass is 9.62. The Morgan fingerprint density at radius 2 is 1.77 bits per heavy atom. The number of benzene rings is 2. The molecule has 1 aromatic heterocycles. The van der Waals surface area contributed by atoms with Gasteiger partial charge in [-0.1, -0.05) is 67.3 Å². The van der Waals surface area contributed by atoms with E-state index in [1.54, 1.807) is 4.68 Å². The van der Waals surface area contributed by atoms with Crippen LogP contribution in [0.5, 0.6) is 0 Å². The summed E-state index contributed by atoms with van der Waals surface area (Å²) in [5, 5.41) is 19.5. The van der Waals surface area contributed by atoms with Gasteiger partial charge in [-0.25, -0.2) is 4.68 Å². The second-order valence-electron chi connectivity index (χ2n) is 12.7. The monoisotopic (exact) mass is 603 g/mol. The number of piperidine rings is 1. The summed E-state index contributed by atoms with van der Waals surface area (Å²) < 4.78 is 1.79. The first-order valence-corrected chi connectivity index (χ1v) is 16.1. The number of aryl methyl sites for hydroxylation is 1. The zero-order chi connectivity index (χ0) is 29.8. The van der Waals surface area contributed by atoms with E-state index in [9.17, 15) is 9.59 Å². The molecule has 2 amide bonds. The Hall–Kier alpha value is -3.30. The van der Waals surface area contributed by atoms with Gasteiger partial charge in [0.15, 0.2) is 5.82 Å². The summed E-state index contributed by atoms with van der Waals surface area (Å²) in [5.41, 5.74) is 3.43. The third-order valence-corrected chi connectivity index (χ3v) is 10.4. The Balaban J connectivity index is 1.17. The van der Waals surface area contributed by atoms with E-state index in [0.717, 1.165) is 30.7 Å². The van der Waals surface area contributed by atoms with Crippen molar-refractivity contribution in [2.24, 2.45) is 18.4 Å². The van der Waals surface area contributed by atoms with Gasteiger partial charge in [0.25, 0.3) is 0 Å². The van der Waals surface area contributed by atoms with E-state index in [1.165, 1.54) is 43.2 Å². The standard InChI is InChI=1S/C33H42ClN7O2/c1-40-30(37-38-39-40)21-33(26-9-3-2-4-10-26)15-17-41(18-16-33)32(43)29(19-23-11-13-27(34)14-12-23)36-31(42)28-20-24-7-5-6-8-25(24)22-35-28/h5-8,11-14,26,28-29,35H,2-4,9-10,15-22H2,1H3,(H,36,42)/t28-,29+/m0/s1. The van der Waals surface area contributed by atoms with Crippen LogP contribution in [0.15, 0.2) is 48.5 Å². The third kappa shape index (κ3) is 6.78. The average Bonchev–Trinajstić information content (AvgIpc) is 3.45. The highest BCUT2D eigenvalue weighted by atomic mass is 35.5. The van der Waals surface area contributed by atoms with Crippen LogP contribution >= 0.6 is 11.6 Å². The molecule has 1 saturated heterocycles. The maximum atomic E-state index is 14.2. The highest BCUT2D eigenvalue weighted by Crippen LogP contribution is 2.47. The summed E-state index contributed by atoms with van der Waals surface area (Å²) in [5.74, 6) is 1.38. The van der Waals surface area contributed by atoms with Crippen LogP contribution in [0.2, 0.25) is 5.02 Å². The van der Waals surface area contributed by atoms with E-state index in [-0.39, 0.29) is 23.3 Å². The molecular formula is C33H42ClN7O2. The molecule has 0 radical (unpaired) electrons. The number of nitrogens with zero attached hydrogens (tertiary/aromatic N) is 5. The van der Waals surface area contributed by atoms with Gasteiger partial charge in [-0.05, 0) is 82.7 Å². The number of nitrogens with one attached hydrogen (secondary N) is 2. The topological polar surface area (TPSA) is 105 Å². The van der Waals surface area contributed by atoms with Gasteiger partial charge in [-0.3, -0.25) is 9.59 Å². The van der Waals surface area contributed by atoms with Crippen molar-refractivity contribution < 1.29 is 9.59 Å². The molecule has 9 nitrogen and oxygen atoms in total. The predicted octanol–water partition coefficient (Wildman–Crippen LogP) is 4.04. The van der Waals surface area contributed by atoms with E-state index in [2.05, 4.69) is 38.3 Å². The van der Waals surface area contributed by atoms with Gasteiger partial charge in [0.2, 0.25) is 11.8 Å². The second kappa shape index (κ2) is 13.1. The smallest absolute Gasteiger partial charge is 0.245 e. The molecule has 0 spiro atoms. The van der Waals surface area contributed by atoms with Crippen LogP contribution in [0, 0.1) is 11.3 Å². The van der Waals surface area contributed by atoms with Crippen LogP contribution in [0.1, 0.15) is 67.5 Å². The molecule has 6 rings (SSSR count). The fourth-order valence-corrected chi connectivity index (χ4v) is 7.64. The summed E-state index contributed by atoms with van der Waals surface area (Å²) in [6.45, 7) is 1.98. The average molecular weight is 604 g/mol. The minimum atomic E-state index is -0.655. The van der Waals surface area contributed by atoms with Crippen molar-refractivity contribution in [2.75, 3.05) is 13.1 Å². The number of hydrogen-bond acceptors (Lipinski definition) is 6. The third-order valence-electron chi connectivity index (χ3n) is 10.1. The molecule has 2 aromatic carbocycles. The fourth-order valence-electron chi connectivity index (χ4n) is 7.52. The fraction of sp³-hybridized carbons (Fsp3) is 0.545. The molecule has 0 unspecified atom stereocenters. The van der Waals surface area contributed by atoms with Crippen LogP contribution in [0.4, 0.5) is 0 Å². The van der Waals surface area contributed by atoms with Crippen LogP contribution in [-0.2, 0) is 42.4 Å². The Morgan fingerprint density at radius 3 is 2.47 bits per heavy atom. The number of carbonyl (C=O) groups excluding carboxylic acids is 2. The van der Waals surface area contributed by atoms with Gasteiger partial charge < -0.3 is 15.5 Å². The molecule has 2 atom stereocenters. The first-order valence-electron chi connectivity index (χ1n) is 15.8. The lowest BCUT2D eigenvalue weighted by Gasteiger charge is -2.48. The minimum Gasteiger partial charge on any atom is -0.343 e. The highest BCUT2D eigenvalue weighted by Gasteiger charge is 2.44. The van der Waals surface area contributed by atoms with Gasteiger partial charge in [0.05, 0.1) is 6.04 Å². The molecular weight excluding hydrogens is 562 g/mol. The van der Waals surface area contributed by atoms with E-state index < -0.39 is 6.04 Å². The Morgan fingerprint density at radius 1 is 1.05 bits per heavy atom. The SMILES string of the molecule is Cn1nnnc1CC1(C2CCCCC2)CCN(C(=O)[C@@H](Cc2ccc(Cl)cc2)NC(=O)[C@@H]2Cc3ccccc3CN2)CC1. The zero-order valence-corrected chi connectivity index (χ0v) is 25.7. The number of hydrogen-bond donors (Lipinski definition) is 2. The molecule has 10 heteroatoms. The maximum Gasteiger partial charge on any atom is 0.245 e. The molecule has 3 aliphatic rings. The van der Waals surface area contributed by atoms with Crippen molar-refractivity contribution in [1.29, 1.82) is 0 Å². The number of halogens is 1. The number of rotatable bonds is 8. The second-order valence-corrected chi connectivity index (χ2v) is 13.2. The summed E-state index contributed by atoms with van der Waals surface area (Å²) in [7, 11) is 1.91. The van der Waals surface area contributed by atoms with Gasteiger partial charge in [-0.15, -0.1) is 5.10 Å². The van der Waals surface area contributed by atoms with Crippen LogP contribution in [0.25, 0.3) is 0 Å².